The lowest BCUT2D eigenvalue weighted by Gasteiger charge is -2.16. The molecule has 0 spiro atoms. The molecular weight excluding hydrogens is 248 g/mol. The van der Waals surface area contributed by atoms with Crippen LogP contribution in [0.25, 0.3) is 0 Å². The summed E-state index contributed by atoms with van der Waals surface area (Å²) < 4.78 is 4.83. The summed E-state index contributed by atoms with van der Waals surface area (Å²) in [6.07, 6.45) is 1.96. The summed E-state index contributed by atoms with van der Waals surface area (Å²) in [6, 6.07) is 1.61. The minimum Gasteiger partial charge on any atom is -0.360 e. The van der Waals surface area contributed by atoms with Crippen LogP contribution in [0.2, 0.25) is 0 Å². The van der Waals surface area contributed by atoms with E-state index < -0.39 is 0 Å². The molecule has 0 bridgehead atoms. The van der Waals surface area contributed by atoms with Crippen LogP contribution in [0.5, 0.6) is 0 Å². The molecule has 106 valence electrons. The van der Waals surface area contributed by atoms with Crippen LogP contribution in [0.15, 0.2) is 10.6 Å². The van der Waals surface area contributed by atoms with Gasteiger partial charge in [-0.15, -0.1) is 0 Å². The molecule has 0 saturated carbocycles. The Labute approximate surface area is 112 Å². The number of hydrogen-bond donors (Lipinski definition) is 2. The van der Waals surface area contributed by atoms with Crippen molar-refractivity contribution in [2.75, 3.05) is 25.5 Å². The predicted octanol–water partition coefficient (Wildman–Crippen LogP) is 0.509. The normalized spacial score (nSPS) is 10.3. The minimum atomic E-state index is -0.303. The predicted molar refractivity (Wildman–Crippen MR) is 70.4 cm³/mol. The van der Waals surface area contributed by atoms with Gasteiger partial charge >= 0.3 is 0 Å². The molecule has 0 atom stereocenters. The summed E-state index contributed by atoms with van der Waals surface area (Å²) in [7, 11) is 1.60. The fourth-order valence-corrected chi connectivity index (χ4v) is 1.52. The standard InChI is InChI=1S/C12H20N4O3/c1-9-7-10(15-19-9)14-11(17)8-16(2)12(18)5-3-4-6-13/h7H,3-6,8,13H2,1-2H3,(H,14,15,17). The van der Waals surface area contributed by atoms with Crippen LogP contribution in [0.1, 0.15) is 25.0 Å². The van der Waals surface area contributed by atoms with Crippen molar-refractivity contribution >= 4 is 17.6 Å². The largest absolute Gasteiger partial charge is 0.360 e. The van der Waals surface area contributed by atoms with Crippen LogP contribution in [0.4, 0.5) is 5.82 Å². The molecule has 1 rings (SSSR count). The highest BCUT2D eigenvalue weighted by atomic mass is 16.5. The molecule has 0 radical (unpaired) electrons. The van der Waals surface area contributed by atoms with Gasteiger partial charge in [0.25, 0.3) is 0 Å². The van der Waals surface area contributed by atoms with Gasteiger partial charge in [-0.3, -0.25) is 9.59 Å². The monoisotopic (exact) mass is 268 g/mol. The molecule has 7 nitrogen and oxygen atoms in total. The zero-order chi connectivity index (χ0) is 14.3. The maximum absolute atomic E-state index is 11.7. The fraction of sp³-hybridized carbons (Fsp3) is 0.583. The van der Waals surface area contributed by atoms with Crippen LogP contribution in [0.3, 0.4) is 0 Å². The number of carbonyl (C=O) groups excluding carboxylic acids is 2. The molecular formula is C12H20N4O3. The lowest BCUT2D eigenvalue weighted by Crippen LogP contribution is -2.34. The third kappa shape index (κ3) is 5.52. The number of nitrogens with zero attached hydrogens (tertiary/aromatic N) is 2. The maximum Gasteiger partial charge on any atom is 0.245 e. The molecule has 0 saturated heterocycles. The average Bonchev–Trinajstić information content (AvgIpc) is 2.74. The third-order valence-corrected chi connectivity index (χ3v) is 2.55. The van der Waals surface area contributed by atoms with Crippen LogP contribution < -0.4 is 11.1 Å². The van der Waals surface area contributed by atoms with E-state index in [-0.39, 0.29) is 18.4 Å². The third-order valence-electron chi connectivity index (χ3n) is 2.55. The van der Waals surface area contributed by atoms with Gasteiger partial charge < -0.3 is 20.5 Å². The molecule has 0 fully saturated rings. The first kappa shape index (κ1) is 15.2. The lowest BCUT2D eigenvalue weighted by molar-refractivity contribution is -0.133. The summed E-state index contributed by atoms with van der Waals surface area (Å²) in [4.78, 5) is 24.7. The van der Waals surface area contributed by atoms with E-state index in [1.807, 2.05) is 0 Å². The van der Waals surface area contributed by atoms with Crippen LogP contribution >= 0.6 is 0 Å². The molecule has 2 amide bonds. The van der Waals surface area contributed by atoms with Crippen LogP contribution in [0, 0.1) is 6.92 Å². The lowest BCUT2D eigenvalue weighted by atomic mass is 10.2. The number of aryl methyl sites for hydroxylation is 1. The van der Waals surface area contributed by atoms with Gasteiger partial charge in [-0.25, -0.2) is 0 Å². The van der Waals surface area contributed by atoms with Gasteiger partial charge in [-0.05, 0) is 26.3 Å². The second-order valence-corrected chi connectivity index (χ2v) is 4.37. The Morgan fingerprint density at radius 1 is 1.47 bits per heavy atom. The van der Waals surface area contributed by atoms with E-state index in [2.05, 4.69) is 10.5 Å². The summed E-state index contributed by atoms with van der Waals surface area (Å²) in [5.41, 5.74) is 5.35. The van der Waals surface area contributed by atoms with E-state index >= 15 is 0 Å². The number of unbranched alkanes of at least 4 members (excludes halogenated alkanes) is 1. The molecule has 3 N–H and O–H groups in total. The summed E-state index contributed by atoms with van der Waals surface area (Å²) in [5.74, 6) is 0.593. The summed E-state index contributed by atoms with van der Waals surface area (Å²) in [5, 5.41) is 6.20. The van der Waals surface area contributed by atoms with Gasteiger partial charge in [0.1, 0.15) is 5.76 Å². The Morgan fingerprint density at radius 2 is 2.21 bits per heavy atom. The highest BCUT2D eigenvalue weighted by Crippen LogP contribution is 2.07. The average molecular weight is 268 g/mol. The quantitative estimate of drug-likeness (QED) is 0.701. The van der Waals surface area contributed by atoms with Crippen molar-refractivity contribution in [3.63, 3.8) is 0 Å². The summed E-state index contributed by atoms with van der Waals surface area (Å²) >= 11 is 0. The number of likely N-dealkylation sites (N-methyl/N-ethyl adjacent to an activating group) is 1. The number of nitrogens with one attached hydrogen (secondary N) is 1. The Hall–Kier alpha value is -1.89. The van der Waals surface area contributed by atoms with E-state index in [4.69, 9.17) is 10.3 Å². The Morgan fingerprint density at radius 3 is 2.79 bits per heavy atom. The molecule has 0 aliphatic heterocycles. The van der Waals surface area contributed by atoms with Crippen molar-refractivity contribution in [1.29, 1.82) is 0 Å². The smallest absolute Gasteiger partial charge is 0.245 e. The van der Waals surface area contributed by atoms with Gasteiger partial charge in [-0.2, -0.15) is 0 Å². The molecule has 0 aliphatic carbocycles. The number of carbonyl (C=O) groups is 2. The van der Waals surface area contributed by atoms with Crippen molar-refractivity contribution < 1.29 is 14.1 Å². The van der Waals surface area contributed by atoms with Crippen molar-refractivity contribution in [3.8, 4) is 0 Å². The molecule has 1 heterocycles. The van der Waals surface area contributed by atoms with Gasteiger partial charge in [0.2, 0.25) is 11.8 Å². The number of rotatable bonds is 7. The second-order valence-electron chi connectivity index (χ2n) is 4.37. The molecule has 19 heavy (non-hydrogen) atoms. The van der Waals surface area contributed by atoms with E-state index in [1.165, 1.54) is 4.90 Å². The fourth-order valence-electron chi connectivity index (χ4n) is 1.52. The van der Waals surface area contributed by atoms with E-state index in [9.17, 15) is 9.59 Å². The van der Waals surface area contributed by atoms with Gasteiger partial charge in [0, 0.05) is 19.5 Å². The number of nitrogens with two attached hydrogens (primary N) is 1. The first-order valence-corrected chi connectivity index (χ1v) is 6.20. The van der Waals surface area contributed by atoms with Crippen molar-refractivity contribution in [3.05, 3.63) is 11.8 Å². The van der Waals surface area contributed by atoms with Gasteiger partial charge in [-0.1, -0.05) is 5.16 Å². The topological polar surface area (TPSA) is 101 Å². The first-order valence-electron chi connectivity index (χ1n) is 6.20. The minimum absolute atomic E-state index is 0.00658. The maximum atomic E-state index is 11.7. The van der Waals surface area contributed by atoms with Crippen LogP contribution in [-0.4, -0.2) is 42.0 Å². The van der Waals surface area contributed by atoms with Gasteiger partial charge in [0.15, 0.2) is 5.82 Å². The Kier molecular flexibility index (Phi) is 6.01. The zero-order valence-corrected chi connectivity index (χ0v) is 11.3. The second kappa shape index (κ2) is 7.52. The highest BCUT2D eigenvalue weighted by molar-refractivity contribution is 5.93. The number of aromatic nitrogens is 1. The van der Waals surface area contributed by atoms with Gasteiger partial charge in [0.05, 0.1) is 6.54 Å². The number of amides is 2. The Balaban J connectivity index is 2.32. The van der Waals surface area contributed by atoms with E-state index in [1.54, 1.807) is 20.0 Å². The molecule has 1 aromatic rings. The molecule has 0 aromatic carbocycles. The number of hydrogen-bond acceptors (Lipinski definition) is 5. The molecule has 1 aromatic heterocycles. The van der Waals surface area contributed by atoms with Crippen LogP contribution in [-0.2, 0) is 9.59 Å². The van der Waals surface area contributed by atoms with Crippen molar-refractivity contribution in [2.24, 2.45) is 5.73 Å². The van der Waals surface area contributed by atoms with E-state index in [0.717, 1.165) is 12.8 Å². The molecule has 0 aliphatic rings. The van der Waals surface area contributed by atoms with Crippen molar-refractivity contribution in [1.82, 2.24) is 10.1 Å². The van der Waals surface area contributed by atoms with E-state index in [0.29, 0.717) is 24.5 Å². The molecule has 7 heteroatoms. The van der Waals surface area contributed by atoms with Crippen molar-refractivity contribution in [2.45, 2.75) is 26.2 Å². The molecule has 0 unspecified atom stereocenters. The Bertz CT molecular complexity index is 430. The number of anilines is 1. The first-order chi connectivity index (χ1) is 9.02. The zero-order valence-electron chi connectivity index (χ0n) is 11.3. The SMILES string of the molecule is Cc1cc(NC(=O)CN(C)C(=O)CCCCN)no1. The highest BCUT2D eigenvalue weighted by Gasteiger charge is 2.13. The summed E-state index contributed by atoms with van der Waals surface area (Å²) in [6.45, 7) is 2.30.